The van der Waals surface area contributed by atoms with Crippen molar-refractivity contribution in [1.29, 1.82) is 0 Å². The van der Waals surface area contributed by atoms with Crippen LogP contribution in [0, 0.1) is 6.57 Å². The first-order valence-corrected chi connectivity index (χ1v) is 2.52. The summed E-state index contributed by atoms with van der Waals surface area (Å²) in [5.74, 6) is -1.55. The van der Waals surface area contributed by atoms with E-state index in [0.29, 0.717) is 0 Å². The number of oxime groups is 1. The first-order valence-electron chi connectivity index (χ1n) is 2.52. The Morgan fingerprint density at radius 2 is 2.50 bits per heavy atom. The first kappa shape index (κ1) is 8.43. The molecule has 0 heterocycles. The second-order valence-corrected chi connectivity index (χ2v) is 1.26. The largest absolute Gasteiger partial charge is 0.470 e. The van der Waals surface area contributed by atoms with E-state index in [4.69, 9.17) is 11.8 Å². The minimum absolute atomic E-state index is 0.160. The molecule has 0 aliphatic heterocycles. The molecule has 5 heteroatoms. The van der Waals surface area contributed by atoms with E-state index in [9.17, 15) is 4.79 Å². The van der Waals surface area contributed by atoms with Gasteiger partial charge in [0.05, 0.1) is 11.8 Å². The van der Waals surface area contributed by atoms with Gasteiger partial charge in [-0.2, -0.15) is 0 Å². The zero-order chi connectivity index (χ0) is 7.98. The molecule has 0 saturated carbocycles. The van der Waals surface area contributed by atoms with Crippen LogP contribution in [0.5, 0.6) is 0 Å². The van der Waals surface area contributed by atoms with Crippen molar-refractivity contribution in [2.75, 3.05) is 6.61 Å². The number of nitrogens with zero attached hydrogens (tertiary/aromatic N) is 2. The van der Waals surface area contributed by atoms with Crippen LogP contribution in [0.25, 0.3) is 4.85 Å². The van der Waals surface area contributed by atoms with E-state index in [1.165, 1.54) is 0 Å². The lowest BCUT2D eigenvalue weighted by Crippen LogP contribution is -2.13. The third-order valence-electron chi connectivity index (χ3n) is 0.659. The van der Waals surface area contributed by atoms with Gasteiger partial charge in [0.15, 0.2) is 0 Å². The van der Waals surface area contributed by atoms with Gasteiger partial charge in [0.2, 0.25) is 0 Å². The van der Waals surface area contributed by atoms with E-state index in [1.54, 1.807) is 6.92 Å². The van der Waals surface area contributed by atoms with E-state index in [-0.39, 0.29) is 6.61 Å². The number of esters is 1. The van der Waals surface area contributed by atoms with E-state index in [2.05, 4.69) is 14.7 Å². The van der Waals surface area contributed by atoms with E-state index < -0.39 is 11.8 Å². The Hall–Kier alpha value is -1.57. The van der Waals surface area contributed by atoms with Crippen LogP contribution in [-0.2, 0) is 9.53 Å². The Morgan fingerprint density at radius 1 is 1.90 bits per heavy atom. The van der Waals surface area contributed by atoms with Crippen molar-refractivity contribution >= 4 is 11.8 Å². The lowest BCUT2D eigenvalue weighted by molar-refractivity contribution is -0.135. The molecular weight excluding hydrogens is 136 g/mol. The van der Waals surface area contributed by atoms with E-state index in [0.717, 1.165) is 0 Å². The molecule has 5 nitrogen and oxygen atoms in total. The van der Waals surface area contributed by atoms with Gasteiger partial charge in [-0.1, -0.05) is 6.57 Å². The molecule has 0 unspecified atom stereocenters. The van der Waals surface area contributed by atoms with Gasteiger partial charge in [0.1, 0.15) is 0 Å². The Bertz CT molecular complexity index is 192. The molecule has 0 aliphatic rings. The second-order valence-electron chi connectivity index (χ2n) is 1.26. The summed E-state index contributed by atoms with van der Waals surface area (Å²) < 4.78 is 4.34. The molecule has 0 amide bonds. The molecule has 0 bridgehead atoms. The SMILES string of the molecule is [C-]#[N+]/C(=N/O)C(=O)OCC. The summed E-state index contributed by atoms with van der Waals surface area (Å²) in [6.45, 7) is 8.06. The quantitative estimate of drug-likeness (QED) is 0.142. The van der Waals surface area contributed by atoms with E-state index >= 15 is 0 Å². The summed E-state index contributed by atoms with van der Waals surface area (Å²) in [7, 11) is 0. The molecule has 54 valence electrons. The first-order chi connectivity index (χ1) is 4.76. The summed E-state index contributed by atoms with van der Waals surface area (Å²) in [5.41, 5.74) is 0. The number of hydrogen-bond donors (Lipinski definition) is 1. The zero-order valence-corrected chi connectivity index (χ0v) is 5.37. The van der Waals surface area contributed by atoms with Gasteiger partial charge in [-0.05, 0) is 6.92 Å². The lowest BCUT2D eigenvalue weighted by atomic mass is 10.6. The summed E-state index contributed by atoms with van der Waals surface area (Å²) in [6.07, 6.45) is 0. The Kier molecular flexibility index (Phi) is 3.64. The van der Waals surface area contributed by atoms with Crippen molar-refractivity contribution in [3.8, 4) is 0 Å². The molecule has 0 aliphatic carbocycles. The van der Waals surface area contributed by atoms with Crippen LogP contribution >= 0.6 is 0 Å². The summed E-state index contributed by atoms with van der Waals surface area (Å²) in [6, 6.07) is 0. The molecule has 0 aromatic heterocycles. The molecule has 0 radical (unpaired) electrons. The molecule has 0 rings (SSSR count). The van der Waals surface area contributed by atoms with E-state index in [1.807, 2.05) is 0 Å². The maximum absolute atomic E-state index is 10.5. The minimum atomic E-state index is -0.903. The van der Waals surface area contributed by atoms with Crippen LogP contribution in [0.3, 0.4) is 0 Å². The van der Waals surface area contributed by atoms with Crippen molar-refractivity contribution < 1.29 is 14.7 Å². The Morgan fingerprint density at radius 3 is 2.80 bits per heavy atom. The predicted octanol–water partition coefficient (Wildman–Crippen LogP) is 0.256. The fourth-order valence-electron chi connectivity index (χ4n) is 0.304. The molecule has 0 saturated heterocycles. The molecule has 0 atom stereocenters. The van der Waals surface area contributed by atoms with Crippen molar-refractivity contribution in [3.05, 3.63) is 11.4 Å². The van der Waals surface area contributed by atoms with Crippen LogP contribution in [0.1, 0.15) is 6.92 Å². The summed E-state index contributed by atoms with van der Waals surface area (Å²) in [4.78, 5) is 13.1. The second kappa shape index (κ2) is 4.32. The highest BCUT2D eigenvalue weighted by molar-refractivity contribution is 6.39. The van der Waals surface area contributed by atoms with Crippen LogP contribution in [0.2, 0.25) is 0 Å². The molecule has 0 spiro atoms. The van der Waals surface area contributed by atoms with Crippen molar-refractivity contribution in [1.82, 2.24) is 0 Å². The zero-order valence-electron chi connectivity index (χ0n) is 5.37. The number of hydrogen-bond acceptors (Lipinski definition) is 4. The highest BCUT2D eigenvalue weighted by atomic mass is 16.5. The van der Waals surface area contributed by atoms with Crippen LogP contribution in [-0.4, -0.2) is 23.6 Å². The van der Waals surface area contributed by atoms with Gasteiger partial charge in [-0.15, -0.1) is 0 Å². The van der Waals surface area contributed by atoms with Crippen molar-refractivity contribution in [3.63, 3.8) is 0 Å². The number of carbonyl (C=O) groups excluding carboxylic acids is 1. The van der Waals surface area contributed by atoms with Gasteiger partial charge in [0, 0.05) is 0 Å². The smallest absolute Gasteiger partial charge is 0.398 e. The topological polar surface area (TPSA) is 63.2 Å². The maximum atomic E-state index is 10.5. The standard InChI is InChI=1S/C5H6N2O3/c1-3-10-5(8)4(6-2)7-9/h9H,3H2,1H3/b7-4+. The minimum Gasteiger partial charge on any atom is -0.470 e. The Balaban J connectivity index is 4.08. The van der Waals surface area contributed by atoms with Crippen LogP contribution in [0.15, 0.2) is 5.16 Å². The summed E-state index contributed by atoms with van der Waals surface area (Å²) >= 11 is 0. The van der Waals surface area contributed by atoms with Crippen molar-refractivity contribution in [2.24, 2.45) is 5.16 Å². The molecule has 0 fully saturated rings. The monoisotopic (exact) mass is 142 g/mol. The third-order valence-corrected chi connectivity index (χ3v) is 0.659. The fraction of sp³-hybridized carbons (Fsp3) is 0.400. The fourth-order valence-corrected chi connectivity index (χ4v) is 0.304. The number of rotatable bonds is 1. The van der Waals surface area contributed by atoms with Gasteiger partial charge < -0.3 is 14.8 Å². The summed E-state index contributed by atoms with van der Waals surface area (Å²) in [5, 5.41) is 10.4. The highest BCUT2D eigenvalue weighted by Gasteiger charge is 2.12. The number of carbonyl (C=O) groups is 1. The predicted molar refractivity (Wildman–Crippen MR) is 32.5 cm³/mol. The normalized spacial score (nSPS) is 10.2. The number of ether oxygens (including phenoxy) is 1. The average molecular weight is 142 g/mol. The van der Waals surface area contributed by atoms with Crippen LogP contribution in [0.4, 0.5) is 0 Å². The molecular formula is C5H6N2O3. The number of amidine groups is 1. The maximum Gasteiger partial charge on any atom is 0.398 e. The molecule has 1 N–H and O–H groups in total. The van der Waals surface area contributed by atoms with Gasteiger partial charge in [0.25, 0.3) is 0 Å². The molecule has 10 heavy (non-hydrogen) atoms. The Labute approximate surface area is 57.7 Å². The third kappa shape index (κ3) is 2.13. The van der Waals surface area contributed by atoms with Crippen LogP contribution < -0.4 is 0 Å². The highest BCUT2D eigenvalue weighted by Crippen LogP contribution is 1.84. The molecule has 0 aromatic carbocycles. The lowest BCUT2D eigenvalue weighted by Gasteiger charge is -1.94. The van der Waals surface area contributed by atoms with Gasteiger partial charge in [-0.25, -0.2) is 0 Å². The average Bonchev–Trinajstić information content (AvgIpc) is 1.91. The molecule has 0 aromatic rings. The van der Waals surface area contributed by atoms with Crippen molar-refractivity contribution in [2.45, 2.75) is 6.92 Å². The van der Waals surface area contributed by atoms with Gasteiger partial charge >= 0.3 is 11.8 Å². The van der Waals surface area contributed by atoms with Gasteiger partial charge in [-0.3, -0.25) is 4.79 Å².